The van der Waals surface area contributed by atoms with E-state index in [1.54, 1.807) is 24.3 Å². The molecular weight excluding hydrogens is 310 g/mol. The van der Waals surface area contributed by atoms with Crippen LogP contribution in [0.3, 0.4) is 0 Å². The Balaban J connectivity index is 1.48. The molecule has 0 radical (unpaired) electrons. The third-order valence-corrected chi connectivity index (χ3v) is 4.41. The summed E-state index contributed by atoms with van der Waals surface area (Å²) in [5.41, 5.74) is 0.802. The number of hydrogen-bond donors (Lipinski definition) is 0. The molecule has 1 aliphatic heterocycles. The zero-order valence-electron chi connectivity index (χ0n) is 13.3. The number of hydrogen-bond acceptors (Lipinski definition) is 5. The van der Waals surface area contributed by atoms with Gasteiger partial charge in [0.2, 0.25) is 0 Å². The highest BCUT2D eigenvalue weighted by Gasteiger charge is 2.34. The van der Waals surface area contributed by atoms with Crippen LogP contribution in [-0.4, -0.2) is 41.1 Å². The topological polar surface area (TPSA) is 80.8 Å². The van der Waals surface area contributed by atoms with Crippen LogP contribution in [0.5, 0.6) is 0 Å². The Labute approximate surface area is 139 Å². The van der Waals surface area contributed by atoms with Crippen molar-refractivity contribution < 1.29 is 23.9 Å². The Morgan fingerprint density at radius 1 is 1.08 bits per heavy atom. The predicted octanol–water partition coefficient (Wildman–Crippen LogP) is 2.12. The van der Waals surface area contributed by atoms with Gasteiger partial charge in [-0.2, -0.15) is 0 Å². The minimum atomic E-state index is -0.620. The smallest absolute Gasteiger partial charge is 0.306 e. The number of rotatable bonds is 5. The zero-order valence-corrected chi connectivity index (χ0v) is 13.3. The van der Waals surface area contributed by atoms with Crippen molar-refractivity contribution in [1.29, 1.82) is 0 Å². The molecule has 0 bridgehead atoms. The third kappa shape index (κ3) is 3.22. The Hall–Kier alpha value is -2.50. The molecule has 6 heteroatoms. The average molecular weight is 329 g/mol. The van der Waals surface area contributed by atoms with E-state index in [0.29, 0.717) is 30.4 Å². The molecule has 1 aromatic rings. The molecule has 1 aromatic carbocycles. The summed E-state index contributed by atoms with van der Waals surface area (Å²) in [6, 6.07) is 6.68. The molecule has 2 amide bonds. The molecule has 0 aromatic heterocycles. The van der Waals surface area contributed by atoms with Crippen LogP contribution in [-0.2, 0) is 14.3 Å². The molecule has 1 heterocycles. The normalized spacial score (nSPS) is 20.2. The van der Waals surface area contributed by atoms with E-state index in [-0.39, 0.29) is 30.6 Å². The summed E-state index contributed by atoms with van der Waals surface area (Å²) in [5, 5.41) is 0. The third-order valence-electron chi connectivity index (χ3n) is 4.41. The molecule has 1 aliphatic carbocycles. The van der Waals surface area contributed by atoms with E-state index >= 15 is 0 Å². The predicted molar refractivity (Wildman–Crippen MR) is 84.4 cm³/mol. The van der Waals surface area contributed by atoms with Crippen molar-refractivity contribution in [2.24, 2.45) is 0 Å². The number of ether oxygens (including phenoxy) is 1. The van der Waals surface area contributed by atoms with Crippen LogP contribution in [0.2, 0.25) is 0 Å². The molecule has 1 saturated carbocycles. The molecule has 24 heavy (non-hydrogen) atoms. The summed E-state index contributed by atoms with van der Waals surface area (Å²) < 4.78 is 5.21. The van der Waals surface area contributed by atoms with E-state index in [1.165, 1.54) is 0 Å². The average Bonchev–Trinajstić information content (AvgIpc) is 2.82. The highest BCUT2D eigenvalue weighted by molar-refractivity contribution is 6.21. The number of benzene rings is 1. The van der Waals surface area contributed by atoms with E-state index in [9.17, 15) is 19.2 Å². The first kappa shape index (κ1) is 16.4. The summed E-state index contributed by atoms with van der Waals surface area (Å²) in [4.78, 5) is 49.0. The van der Waals surface area contributed by atoms with E-state index < -0.39 is 12.1 Å². The van der Waals surface area contributed by atoms with Gasteiger partial charge in [0, 0.05) is 19.4 Å². The van der Waals surface area contributed by atoms with Gasteiger partial charge < -0.3 is 4.74 Å². The van der Waals surface area contributed by atoms with Gasteiger partial charge in [-0.25, -0.2) is 0 Å². The summed E-state index contributed by atoms with van der Waals surface area (Å²) in [7, 11) is 0. The molecule has 1 atom stereocenters. The van der Waals surface area contributed by atoms with E-state index in [4.69, 9.17) is 4.74 Å². The zero-order chi connectivity index (χ0) is 17.1. The number of imide groups is 1. The number of carbonyl (C=O) groups is 4. The lowest BCUT2D eigenvalue weighted by Crippen LogP contribution is -2.32. The van der Waals surface area contributed by atoms with Crippen LogP contribution >= 0.6 is 0 Å². The number of carbonyl (C=O) groups excluding carboxylic acids is 4. The highest BCUT2D eigenvalue weighted by atomic mass is 16.5. The number of Topliss-reactive ketones (excluding diaryl/α,β-unsaturated/α-hetero) is 1. The second-order valence-corrected chi connectivity index (χ2v) is 6.10. The largest absolute Gasteiger partial charge is 0.454 e. The number of nitrogens with zero attached hydrogens (tertiary/aromatic N) is 1. The van der Waals surface area contributed by atoms with Crippen molar-refractivity contribution >= 4 is 23.6 Å². The molecule has 6 nitrogen and oxygen atoms in total. The van der Waals surface area contributed by atoms with Crippen molar-refractivity contribution in [3.05, 3.63) is 35.4 Å². The Kier molecular flexibility index (Phi) is 4.74. The van der Waals surface area contributed by atoms with Gasteiger partial charge >= 0.3 is 5.97 Å². The quantitative estimate of drug-likeness (QED) is 0.610. The number of ketones is 1. The monoisotopic (exact) mass is 329 g/mol. The fraction of sp³-hybridized carbons (Fsp3) is 0.444. The number of fused-ring (bicyclic) bond motifs is 1. The lowest BCUT2D eigenvalue weighted by atomic mass is 9.96. The summed E-state index contributed by atoms with van der Waals surface area (Å²) in [5.74, 6) is -1.13. The number of amides is 2. The first-order valence-corrected chi connectivity index (χ1v) is 8.25. The fourth-order valence-corrected chi connectivity index (χ4v) is 3.12. The second-order valence-electron chi connectivity index (χ2n) is 6.10. The Bertz CT molecular complexity index is 661. The maximum atomic E-state index is 12.2. The second kappa shape index (κ2) is 6.95. The van der Waals surface area contributed by atoms with E-state index in [2.05, 4.69) is 0 Å². The van der Waals surface area contributed by atoms with Crippen molar-refractivity contribution in [2.75, 3.05) is 6.54 Å². The van der Waals surface area contributed by atoms with Crippen LogP contribution in [0.25, 0.3) is 0 Å². The van der Waals surface area contributed by atoms with Crippen LogP contribution < -0.4 is 0 Å². The van der Waals surface area contributed by atoms with Crippen LogP contribution in [0, 0.1) is 0 Å². The fourth-order valence-electron chi connectivity index (χ4n) is 3.12. The van der Waals surface area contributed by atoms with Crippen LogP contribution in [0.1, 0.15) is 59.2 Å². The Morgan fingerprint density at radius 3 is 2.38 bits per heavy atom. The van der Waals surface area contributed by atoms with Crippen LogP contribution in [0.4, 0.5) is 0 Å². The first-order chi connectivity index (χ1) is 11.6. The van der Waals surface area contributed by atoms with Gasteiger partial charge in [0.1, 0.15) is 0 Å². The lowest BCUT2D eigenvalue weighted by molar-refractivity contribution is -0.156. The minimum Gasteiger partial charge on any atom is -0.454 e. The van der Waals surface area contributed by atoms with Gasteiger partial charge in [-0.15, -0.1) is 0 Å². The molecule has 3 rings (SSSR count). The summed E-state index contributed by atoms with van der Waals surface area (Å²) in [6.45, 7) is 0.167. The van der Waals surface area contributed by atoms with Crippen molar-refractivity contribution in [2.45, 2.75) is 44.6 Å². The maximum absolute atomic E-state index is 12.2. The molecule has 0 N–H and O–H groups in total. The Morgan fingerprint density at radius 2 is 1.75 bits per heavy atom. The molecule has 2 aliphatic rings. The van der Waals surface area contributed by atoms with Gasteiger partial charge in [-0.1, -0.05) is 12.1 Å². The van der Waals surface area contributed by atoms with Gasteiger partial charge in [0.25, 0.3) is 11.8 Å². The van der Waals surface area contributed by atoms with Crippen molar-refractivity contribution in [3.63, 3.8) is 0 Å². The number of esters is 1. The van der Waals surface area contributed by atoms with E-state index in [1.807, 2.05) is 0 Å². The first-order valence-electron chi connectivity index (χ1n) is 8.25. The summed E-state index contributed by atoms with van der Waals surface area (Å²) in [6.07, 6.45) is 2.58. The molecule has 1 fully saturated rings. The standard InChI is InChI=1S/C18H19NO5/c20-14-8-3-4-9-15(14)24-16(21)10-5-11-19-17(22)12-6-1-2-7-13(12)18(19)23/h1-2,6-7,15H,3-5,8-11H2. The van der Waals surface area contributed by atoms with Gasteiger partial charge in [0.15, 0.2) is 11.9 Å². The maximum Gasteiger partial charge on any atom is 0.306 e. The molecular formula is C18H19NO5. The molecule has 126 valence electrons. The van der Waals surface area contributed by atoms with Crippen molar-refractivity contribution in [3.8, 4) is 0 Å². The lowest BCUT2D eigenvalue weighted by Gasteiger charge is -2.20. The van der Waals surface area contributed by atoms with Crippen molar-refractivity contribution in [1.82, 2.24) is 4.90 Å². The highest BCUT2D eigenvalue weighted by Crippen LogP contribution is 2.23. The molecule has 1 unspecified atom stereocenters. The molecule has 0 saturated heterocycles. The SMILES string of the molecule is O=C(CCCN1C(=O)c2ccccc2C1=O)OC1CCCCC1=O. The van der Waals surface area contributed by atoms with Gasteiger partial charge in [-0.05, 0) is 37.8 Å². The van der Waals surface area contributed by atoms with Gasteiger partial charge in [-0.3, -0.25) is 24.1 Å². The minimum absolute atomic E-state index is 0.0186. The molecule has 0 spiro atoms. The van der Waals surface area contributed by atoms with Crippen LogP contribution in [0.15, 0.2) is 24.3 Å². The van der Waals surface area contributed by atoms with E-state index in [0.717, 1.165) is 17.7 Å². The van der Waals surface area contributed by atoms with Gasteiger partial charge in [0.05, 0.1) is 11.1 Å². The summed E-state index contributed by atoms with van der Waals surface area (Å²) >= 11 is 0.